The third-order valence-corrected chi connectivity index (χ3v) is 1.97. The minimum Gasteiger partial charge on any atom is -0.481 e. The summed E-state index contributed by atoms with van der Waals surface area (Å²) < 4.78 is 28.7. The van der Waals surface area contributed by atoms with Crippen LogP contribution in [0.2, 0.25) is 0 Å². The molecule has 0 atom stereocenters. The van der Waals surface area contributed by atoms with Crippen molar-refractivity contribution in [3.05, 3.63) is 0 Å². The van der Waals surface area contributed by atoms with Gasteiger partial charge in [0.15, 0.2) is 0 Å². The molecule has 82 valence electrons. The Morgan fingerprint density at radius 3 is 2.21 bits per heavy atom. The van der Waals surface area contributed by atoms with Crippen LogP contribution in [0.25, 0.3) is 0 Å². The van der Waals surface area contributed by atoms with Crippen LogP contribution in [0.3, 0.4) is 0 Å². The van der Waals surface area contributed by atoms with E-state index in [9.17, 15) is 18.0 Å². The molecule has 7 nitrogen and oxygen atoms in total. The van der Waals surface area contributed by atoms with Crippen molar-refractivity contribution in [1.29, 1.82) is 0 Å². The fraction of sp³-hybridized carbons (Fsp3) is 0.667. The van der Waals surface area contributed by atoms with E-state index in [1.165, 1.54) is 0 Å². The molecule has 0 heterocycles. The molecule has 0 aromatic carbocycles. The second kappa shape index (κ2) is 5.55. The molecule has 3 N–H and O–H groups in total. The molecule has 8 heteroatoms. The van der Waals surface area contributed by atoms with Gasteiger partial charge in [0.2, 0.25) is 5.91 Å². The van der Waals surface area contributed by atoms with Gasteiger partial charge < -0.3 is 10.4 Å². The van der Waals surface area contributed by atoms with Gasteiger partial charge in [-0.25, -0.2) is 0 Å². The molecule has 0 saturated carbocycles. The minimum atomic E-state index is -4.08. The maximum Gasteiger partial charge on any atom is 0.303 e. The monoisotopic (exact) mass is 225 g/mol. The highest BCUT2D eigenvalue weighted by Gasteiger charge is 2.07. The molecule has 0 bridgehead atoms. The molecular formula is C6H11NO6S. The molecule has 0 spiro atoms. The van der Waals surface area contributed by atoms with Crippen LogP contribution in [0, 0.1) is 0 Å². The van der Waals surface area contributed by atoms with E-state index in [-0.39, 0.29) is 19.4 Å². The average Bonchev–Trinajstić information content (AvgIpc) is 1.98. The number of carboxylic acid groups (broad SMARTS) is 1. The molecule has 14 heavy (non-hydrogen) atoms. The van der Waals surface area contributed by atoms with Crippen molar-refractivity contribution in [3.63, 3.8) is 0 Å². The Morgan fingerprint density at radius 2 is 1.79 bits per heavy atom. The number of amides is 1. The average molecular weight is 225 g/mol. The number of nitrogens with one attached hydrogen (secondary N) is 1. The predicted octanol–water partition coefficient (Wildman–Crippen LogP) is -1.14. The maximum atomic E-state index is 10.8. The van der Waals surface area contributed by atoms with Crippen LogP contribution < -0.4 is 5.32 Å². The summed E-state index contributed by atoms with van der Waals surface area (Å²) in [7, 11) is -4.08. The fourth-order valence-corrected chi connectivity index (χ4v) is 0.988. The first-order valence-corrected chi connectivity index (χ1v) is 5.36. The summed E-state index contributed by atoms with van der Waals surface area (Å²) in [6.45, 7) is -0.225. The maximum absolute atomic E-state index is 10.8. The number of rotatable bonds is 6. The summed E-state index contributed by atoms with van der Waals surface area (Å²) in [4.78, 5) is 20.8. The summed E-state index contributed by atoms with van der Waals surface area (Å²) in [5.74, 6) is -2.24. The smallest absolute Gasteiger partial charge is 0.303 e. The summed E-state index contributed by atoms with van der Waals surface area (Å²) >= 11 is 0. The van der Waals surface area contributed by atoms with Crippen LogP contribution in [0.15, 0.2) is 0 Å². The first-order valence-electron chi connectivity index (χ1n) is 3.75. The van der Waals surface area contributed by atoms with Gasteiger partial charge in [-0.1, -0.05) is 0 Å². The molecule has 1 amide bonds. The van der Waals surface area contributed by atoms with Gasteiger partial charge >= 0.3 is 5.97 Å². The van der Waals surface area contributed by atoms with Gasteiger partial charge in [0.25, 0.3) is 10.1 Å². The molecule has 0 aliphatic carbocycles. The van der Waals surface area contributed by atoms with E-state index < -0.39 is 27.7 Å². The Labute approximate surface area is 80.9 Å². The SMILES string of the molecule is O=C(O)CCC(=O)NCCS(=O)(=O)O. The van der Waals surface area contributed by atoms with E-state index >= 15 is 0 Å². The molecular weight excluding hydrogens is 214 g/mol. The van der Waals surface area contributed by atoms with Gasteiger partial charge in [-0.05, 0) is 0 Å². The van der Waals surface area contributed by atoms with E-state index in [4.69, 9.17) is 9.66 Å². The van der Waals surface area contributed by atoms with Crippen molar-refractivity contribution >= 4 is 22.0 Å². The van der Waals surface area contributed by atoms with E-state index in [1.54, 1.807) is 0 Å². The molecule has 0 aliphatic rings. The first kappa shape index (κ1) is 12.8. The Balaban J connectivity index is 3.60. The molecule has 0 aromatic rings. The quantitative estimate of drug-likeness (QED) is 0.491. The zero-order chi connectivity index (χ0) is 11.2. The van der Waals surface area contributed by atoms with Crippen LogP contribution in [0.5, 0.6) is 0 Å². The third kappa shape index (κ3) is 8.94. The number of aliphatic carboxylic acids is 1. The standard InChI is InChI=1S/C6H11NO6S/c8-5(1-2-6(9)10)7-3-4-14(11,12)13/h1-4H2,(H,7,8)(H,9,10)(H,11,12,13). The summed E-state index contributed by atoms with van der Waals surface area (Å²) in [6.07, 6.45) is -0.515. The minimum absolute atomic E-state index is 0.208. The largest absolute Gasteiger partial charge is 0.481 e. The number of carbonyl (C=O) groups is 2. The summed E-state index contributed by atoms with van der Waals surface area (Å²) in [5, 5.41) is 10.4. The lowest BCUT2D eigenvalue weighted by Gasteiger charge is -2.01. The lowest BCUT2D eigenvalue weighted by molar-refractivity contribution is -0.138. The van der Waals surface area contributed by atoms with Crippen LogP contribution in [-0.4, -0.2) is 42.3 Å². The number of hydrogen-bond donors (Lipinski definition) is 3. The zero-order valence-electron chi connectivity index (χ0n) is 7.26. The summed E-state index contributed by atoms with van der Waals surface area (Å²) in [5.41, 5.74) is 0. The normalized spacial score (nSPS) is 10.9. The highest BCUT2D eigenvalue weighted by atomic mass is 32.2. The first-order chi connectivity index (χ1) is 6.31. The van der Waals surface area contributed by atoms with Gasteiger partial charge in [0.1, 0.15) is 0 Å². The van der Waals surface area contributed by atoms with Crippen LogP contribution >= 0.6 is 0 Å². The van der Waals surface area contributed by atoms with Gasteiger partial charge in [-0.3, -0.25) is 14.1 Å². The molecule has 0 radical (unpaired) electrons. The molecule has 0 rings (SSSR count). The number of hydrogen-bond acceptors (Lipinski definition) is 4. The van der Waals surface area contributed by atoms with Crippen LogP contribution in [0.1, 0.15) is 12.8 Å². The van der Waals surface area contributed by atoms with Gasteiger partial charge in [-0.15, -0.1) is 0 Å². The van der Waals surface area contributed by atoms with Crippen molar-refractivity contribution in [2.24, 2.45) is 0 Å². The lowest BCUT2D eigenvalue weighted by Crippen LogP contribution is -2.29. The fourth-order valence-electron chi connectivity index (χ4n) is 0.628. The number of carboxylic acids is 1. The van der Waals surface area contributed by atoms with Crippen molar-refractivity contribution in [1.82, 2.24) is 5.32 Å². The van der Waals surface area contributed by atoms with E-state index in [0.717, 1.165) is 0 Å². The number of carbonyl (C=O) groups excluding carboxylic acids is 1. The van der Waals surface area contributed by atoms with E-state index in [0.29, 0.717) is 0 Å². The highest BCUT2D eigenvalue weighted by Crippen LogP contribution is 1.88. The molecule has 0 unspecified atom stereocenters. The van der Waals surface area contributed by atoms with Crippen molar-refractivity contribution in [2.45, 2.75) is 12.8 Å². The zero-order valence-corrected chi connectivity index (χ0v) is 8.08. The van der Waals surface area contributed by atoms with E-state index in [2.05, 4.69) is 5.32 Å². The highest BCUT2D eigenvalue weighted by molar-refractivity contribution is 7.85. The Bertz CT molecular complexity index is 308. The van der Waals surface area contributed by atoms with Crippen LogP contribution in [0.4, 0.5) is 0 Å². The summed E-state index contributed by atoms with van der Waals surface area (Å²) in [6, 6.07) is 0. The Hall–Kier alpha value is -1.15. The molecule has 0 aliphatic heterocycles. The van der Waals surface area contributed by atoms with Gasteiger partial charge in [0.05, 0.1) is 12.2 Å². The van der Waals surface area contributed by atoms with Gasteiger partial charge in [-0.2, -0.15) is 8.42 Å². The lowest BCUT2D eigenvalue weighted by atomic mass is 10.3. The van der Waals surface area contributed by atoms with Crippen LogP contribution in [-0.2, 0) is 19.7 Å². The van der Waals surface area contributed by atoms with E-state index in [1.807, 2.05) is 0 Å². The van der Waals surface area contributed by atoms with Crippen molar-refractivity contribution < 1.29 is 27.7 Å². The Kier molecular flexibility index (Phi) is 5.10. The predicted molar refractivity (Wildman–Crippen MR) is 46.3 cm³/mol. The molecule has 0 fully saturated rings. The van der Waals surface area contributed by atoms with Gasteiger partial charge in [0, 0.05) is 13.0 Å². The Morgan fingerprint density at radius 1 is 1.21 bits per heavy atom. The second-order valence-electron chi connectivity index (χ2n) is 2.53. The third-order valence-electron chi connectivity index (χ3n) is 1.25. The molecule has 0 aromatic heterocycles. The topological polar surface area (TPSA) is 121 Å². The molecule has 0 saturated heterocycles. The van der Waals surface area contributed by atoms with Crippen molar-refractivity contribution in [2.75, 3.05) is 12.3 Å². The van der Waals surface area contributed by atoms with Crippen molar-refractivity contribution in [3.8, 4) is 0 Å². The second-order valence-corrected chi connectivity index (χ2v) is 4.10.